The molecule has 0 aromatic rings. The van der Waals surface area contributed by atoms with Gasteiger partial charge in [0.1, 0.15) is 5.76 Å². The third kappa shape index (κ3) is 2.10. The molecular weight excluding hydrogens is 264 g/mol. The summed E-state index contributed by atoms with van der Waals surface area (Å²) < 4.78 is 60.3. The highest BCUT2D eigenvalue weighted by atomic mass is 32.2. The van der Waals surface area contributed by atoms with E-state index in [9.17, 15) is 21.9 Å². The molecule has 92 valence electrons. The van der Waals surface area contributed by atoms with Gasteiger partial charge in [0, 0.05) is 6.42 Å². The molecular formula is C6H8O8S2. The third-order valence-corrected chi connectivity index (χ3v) is 4.15. The molecule has 1 atom stereocenters. The van der Waals surface area contributed by atoms with Gasteiger partial charge in [0.2, 0.25) is 0 Å². The molecule has 16 heavy (non-hydrogen) atoms. The van der Waals surface area contributed by atoms with Gasteiger partial charge in [-0.1, -0.05) is 0 Å². The SMILES string of the molecule is O=S(=O)(O)C1=CC=C(O)C(O)(S(=O)(=O)O)C1. The van der Waals surface area contributed by atoms with Gasteiger partial charge >= 0.3 is 10.1 Å². The second-order valence-electron chi connectivity index (χ2n) is 3.10. The van der Waals surface area contributed by atoms with E-state index in [1.165, 1.54) is 0 Å². The van der Waals surface area contributed by atoms with Gasteiger partial charge < -0.3 is 10.2 Å². The summed E-state index contributed by atoms with van der Waals surface area (Å²) in [6.45, 7) is 0. The standard InChI is InChI=1S/C6H8O8S2/c7-5-2-1-4(15(9,10)11)3-6(5,8)16(12,13)14/h1-2,7-8H,3H2,(H,9,10,11)(H,12,13,14). The quantitative estimate of drug-likeness (QED) is 0.476. The molecule has 1 unspecified atom stereocenters. The fourth-order valence-corrected chi connectivity index (χ4v) is 2.48. The van der Waals surface area contributed by atoms with Crippen LogP contribution in [0.3, 0.4) is 0 Å². The maximum atomic E-state index is 10.8. The molecule has 0 aromatic carbocycles. The minimum Gasteiger partial charge on any atom is -0.508 e. The van der Waals surface area contributed by atoms with Crippen molar-refractivity contribution in [3.8, 4) is 0 Å². The zero-order chi connectivity index (χ0) is 12.8. The van der Waals surface area contributed by atoms with Crippen LogP contribution in [0, 0.1) is 0 Å². The molecule has 1 rings (SSSR count). The van der Waals surface area contributed by atoms with Crippen LogP contribution in [0.1, 0.15) is 6.42 Å². The van der Waals surface area contributed by atoms with Crippen LogP contribution in [0.2, 0.25) is 0 Å². The molecule has 0 aliphatic heterocycles. The van der Waals surface area contributed by atoms with Crippen LogP contribution in [-0.2, 0) is 20.2 Å². The van der Waals surface area contributed by atoms with Gasteiger partial charge in [0.25, 0.3) is 15.1 Å². The average molecular weight is 272 g/mol. The lowest BCUT2D eigenvalue weighted by atomic mass is 10.1. The molecule has 0 bridgehead atoms. The molecule has 0 saturated carbocycles. The van der Waals surface area contributed by atoms with Gasteiger partial charge in [0.05, 0.1) is 4.91 Å². The number of hydrogen-bond acceptors (Lipinski definition) is 6. The fraction of sp³-hybridized carbons (Fsp3) is 0.333. The largest absolute Gasteiger partial charge is 0.508 e. The van der Waals surface area contributed by atoms with Gasteiger partial charge in [0.15, 0.2) is 0 Å². The molecule has 1 aliphatic rings. The molecule has 0 fully saturated rings. The maximum Gasteiger partial charge on any atom is 0.303 e. The van der Waals surface area contributed by atoms with Crippen LogP contribution in [0.4, 0.5) is 0 Å². The van der Waals surface area contributed by atoms with E-state index in [-0.39, 0.29) is 0 Å². The van der Waals surface area contributed by atoms with Crippen LogP contribution in [0.25, 0.3) is 0 Å². The predicted molar refractivity (Wildman–Crippen MR) is 51.5 cm³/mol. The first kappa shape index (κ1) is 13.1. The van der Waals surface area contributed by atoms with Crippen molar-refractivity contribution in [3.05, 3.63) is 22.8 Å². The molecule has 0 radical (unpaired) electrons. The summed E-state index contributed by atoms with van der Waals surface area (Å²) >= 11 is 0. The first-order chi connectivity index (χ1) is 6.98. The van der Waals surface area contributed by atoms with Crippen molar-refractivity contribution < 1.29 is 36.2 Å². The van der Waals surface area contributed by atoms with Crippen LogP contribution >= 0.6 is 0 Å². The minimum absolute atomic E-state index is 0.556. The molecule has 0 amide bonds. The summed E-state index contributed by atoms with van der Waals surface area (Å²) in [4.78, 5) is -4.00. The highest BCUT2D eigenvalue weighted by Gasteiger charge is 2.49. The van der Waals surface area contributed by atoms with E-state index < -0.39 is 42.3 Å². The van der Waals surface area contributed by atoms with Gasteiger partial charge in [-0.05, 0) is 12.2 Å². The van der Waals surface area contributed by atoms with Gasteiger partial charge in [-0.2, -0.15) is 16.8 Å². The fourth-order valence-electron chi connectivity index (χ4n) is 1.09. The Bertz CT molecular complexity index is 566. The molecule has 8 nitrogen and oxygen atoms in total. The van der Waals surface area contributed by atoms with Crippen molar-refractivity contribution >= 4 is 20.2 Å². The molecule has 0 spiro atoms. The Balaban J connectivity index is 3.36. The van der Waals surface area contributed by atoms with Crippen molar-refractivity contribution in [2.75, 3.05) is 0 Å². The molecule has 0 saturated heterocycles. The van der Waals surface area contributed by atoms with E-state index in [1.54, 1.807) is 0 Å². The average Bonchev–Trinajstić information content (AvgIpc) is 2.06. The Labute approximate surface area is 91.0 Å². The molecule has 4 N–H and O–H groups in total. The summed E-state index contributed by atoms with van der Waals surface area (Å²) in [6.07, 6.45) is 0.0949. The van der Waals surface area contributed by atoms with Crippen molar-refractivity contribution in [3.63, 3.8) is 0 Å². The van der Waals surface area contributed by atoms with Crippen molar-refractivity contribution in [1.82, 2.24) is 0 Å². The Morgan fingerprint density at radius 1 is 1.12 bits per heavy atom. The smallest absolute Gasteiger partial charge is 0.303 e. The first-order valence-electron chi connectivity index (χ1n) is 3.76. The van der Waals surface area contributed by atoms with Crippen molar-refractivity contribution in [2.24, 2.45) is 0 Å². The van der Waals surface area contributed by atoms with E-state index >= 15 is 0 Å². The van der Waals surface area contributed by atoms with E-state index in [0.29, 0.717) is 12.2 Å². The molecule has 0 aromatic heterocycles. The highest BCUT2D eigenvalue weighted by Crippen LogP contribution is 2.34. The second kappa shape index (κ2) is 3.53. The Morgan fingerprint density at radius 3 is 2.00 bits per heavy atom. The van der Waals surface area contributed by atoms with E-state index in [4.69, 9.17) is 14.2 Å². The lowest BCUT2D eigenvalue weighted by molar-refractivity contribution is 0.1000. The topological polar surface area (TPSA) is 149 Å². The van der Waals surface area contributed by atoms with Crippen molar-refractivity contribution in [1.29, 1.82) is 0 Å². The summed E-state index contributed by atoms with van der Waals surface area (Å²) in [5.41, 5.74) is 0. The highest BCUT2D eigenvalue weighted by molar-refractivity contribution is 7.90. The van der Waals surface area contributed by atoms with Gasteiger partial charge in [-0.15, -0.1) is 0 Å². The van der Waals surface area contributed by atoms with Gasteiger partial charge in [-0.3, -0.25) is 9.11 Å². The normalized spacial score (nSPS) is 27.2. The zero-order valence-electron chi connectivity index (χ0n) is 7.60. The maximum absolute atomic E-state index is 10.8. The number of allylic oxidation sites excluding steroid dienone is 2. The molecule has 1 aliphatic carbocycles. The molecule has 0 heterocycles. The first-order valence-corrected chi connectivity index (χ1v) is 6.64. The monoisotopic (exact) mass is 272 g/mol. The van der Waals surface area contributed by atoms with Crippen LogP contribution in [0.5, 0.6) is 0 Å². The van der Waals surface area contributed by atoms with Crippen molar-refractivity contribution in [2.45, 2.75) is 11.4 Å². The lowest BCUT2D eigenvalue weighted by Gasteiger charge is -2.26. The van der Waals surface area contributed by atoms with E-state index in [2.05, 4.69) is 0 Å². The van der Waals surface area contributed by atoms with E-state index in [1.807, 2.05) is 0 Å². The summed E-state index contributed by atoms with van der Waals surface area (Å²) in [5, 5.41) is 18.5. The summed E-state index contributed by atoms with van der Waals surface area (Å²) in [6, 6.07) is 0. The number of aliphatic hydroxyl groups is 2. The number of rotatable bonds is 2. The number of aliphatic hydroxyl groups excluding tert-OH is 1. The Morgan fingerprint density at radius 2 is 1.62 bits per heavy atom. The minimum atomic E-state index is -5.15. The van der Waals surface area contributed by atoms with Gasteiger partial charge in [-0.25, -0.2) is 0 Å². The summed E-state index contributed by atoms with van der Waals surface area (Å²) in [7, 11) is -9.86. The van der Waals surface area contributed by atoms with E-state index in [0.717, 1.165) is 0 Å². The summed E-state index contributed by atoms with van der Waals surface area (Å²) in [5.74, 6) is -1.14. The van der Waals surface area contributed by atoms with Crippen LogP contribution in [-0.4, -0.2) is 41.1 Å². The lowest BCUT2D eigenvalue weighted by Crippen LogP contribution is -2.42. The Hall–Kier alpha value is -0.940. The van der Waals surface area contributed by atoms with Crippen LogP contribution in [0.15, 0.2) is 22.8 Å². The second-order valence-corrected chi connectivity index (χ2v) is 6.20. The van der Waals surface area contributed by atoms with Crippen LogP contribution < -0.4 is 0 Å². The molecule has 10 heteroatoms. The zero-order valence-corrected chi connectivity index (χ0v) is 9.23. The third-order valence-electron chi connectivity index (χ3n) is 2.00. The predicted octanol–water partition coefficient (Wildman–Crippen LogP) is -0.820. The number of hydrogen-bond donors (Lipinski definition) is 4. The Kier molecular flexibility index (Phi) is 2.90.